The van der Waals surface area contributed by atoms with Gasteiger partial charge in [-0.2, -0.15) is 5.10 Å². The predicted molar refractivity (Wildman–Crippen MR) is 58.6 cm³/mol. The Morgan fingerprint density at radius 2 is 1.93 bits per heavy atom. The summed E-state index contributed by atoms with van der Waals surface area (Å²) in [5, 5.41) is 11.0. The Balaban J connectivity index is 2.67. The van der Waals surface area contributed by atoms with Crippen LogP contribution in [0.15, 0.2) is 36.5 Å². The number of aromatic nitrogens is 2. The maximum absolute atomic E-state index is 6.15. The molecule has 2 nitrogen and oxygen atoms in total. The Labute approximate surface area is 85.5 Å². The van der Waals surface area contributed by atoms with Crippen LogP contribution < -0.4 is 0 Å². The van der Waals surface area contributed by atoms with Crippen LogP contribution in [-0.4, -0.2) is 10.2 Å². The van der Waals surface area contributed by atoms with Crippen LogP contribution in [0.5, 0.6) is 0 Å². The Morgan fingerprint density at radius 3 is 2.79 bits per heavy atom. The van der Waals surface area contributed by atoms with Crippen LogP contribution in [0.2, 0.25) is 5.02 Å². The summed E-state index contributed by atoms with van der Waals surface area (Å²) >= 11 is 6.15. The lowest BCUT2D eigenvalue weighted by Crippen LogP contribution is -1.76. The zero-order valence-electron chi connectivity index (χ0n) is 7.29. The first-order valence-electron chi connectivity index (χ1n) is 4.36. The van der Waals surface area contributed by atoms with Crippen molar-refractivity contribution < 1.29 is 0 Å². The highest BCUT2D eigenvalue weighted by Gasteiger charge is 2.04. The molecule has 0 saturated heterocycles. The first-order chi connectivity index (χ1) is 6.86. The fourth-order valence-corrected chi connectivity index (χ4v) is 2.03. The third-order valence-corrected chi connectivity index (χ3v) is 2.72. The number of hydrogen-bond donors (Lipinski definition) is 1. The molecule has 1 aromatic heterocycles. The molecule has 1 N–H and O–H groups in total. The first-order valence-corrected chi connectivity index (χ1v) is 4.74. The maximum atomic E-state index is 6.15. The van der Waals surface area contributed by atoms with Crippen molar-refractivity contribution in [1.29, 1.82) is 0 Å². The zero-order valence-corrected chi connectivity index (χ0v) is 8.05. The Bertz CT molecular complexity index is 613. The summed E-state index contributed by atoms with van der Waals surface area (Å²) < 4.78 is 0. The van der Waals surface area contributed by atoms with E-state index in [4.69, 9.17) is 11.6 Å². The van der Waals surface area contributed by atoms with Gasteiger partial charge in [0.15, 0.2) is 0 Å². The minimum atomic E-state index is 0.773. The van der Waals surface area contributed by atoms with E-state index in [2.05, 4.69) is 10.2 Å². The summed E-state index contributed by atoms with van der Waals surface area (Å²) in [6, 6.07) is 9.97. The zero-order chi connectivity index (χ0) is 9.54. The van der Waals surface area contributed by atoms with E-state index in [9.17, 15) is 0 Å². The number of halogens is 1. The fraction of sp³-hybridized carbons (Fsp3) is 0. The smallest absolute Gasteiger partial charge is 0.0729 e. The van der Waals surface area contributed by atoms with Crippen molar-refractivity contribution in [1.82, 2.24) is 10.2 Å². The summed E-state index contributed by atoms with van der Waals surface area (Å²) in [4.78, 5) is 0. The fourth-order valence-electron chi connectivity index (χ4n) is 1.74. The van der Waals surface area contributed by atoms with Crippen LogP contribution >= 0.6 is 11.6 Å². The molecule has 0 atom stereocenters. The van der Waals surface area contributed by atoms with Gasteiger partial charge >= 0.3 is 0 Å². The maximum Gasteiger partial charge on any atom is 0.0729 e. The van der Waals surface area contributed by atoms with Crippen LogP contribution in [0.1, 0.15) is 0 Å². The molecule has 0 amide bonds. The van der Waals surface area contributed by atoms with Gasteiger partial charge in [0.25, 0.3) is 0 Å². The monoisotopic (exact) mass is 202 g/mol. The van der Waals surface area contributed by atoms with Gasteiger partial charge in [0.1, 0.15) is 0 Å². The largest absolute Gasteiger partial charge is 0.277 e. The highest BCUT2D eigenvalue weighted by Crippen LogP contribution is 2.29. The molecule has 3 heteroatoms. The van der Waals surface area contributed by atoms with Crippen molar-refractivity contribution in [2.24, 2.45) is 0 Å². The van der Waals surface area contributed by atoms with Crippen molar-refractivity contribution in [2.45, 2.75) is 0 Å². The van der Waals surface area contributed by atoms with Gasteiger partial charge in [-0.15, -0.1) is 0 Å². The van der Waals surface area contributed by atoms with E-state index in [0.29, 0.717) is 0 Å². The molecule has 3 aromatic rings. The standard InChI is InChI=1S/C11H7ClN2/c12-10-5-7-6-13-14-11(7)9-4-2-1-3-8(9)10/h1-6H,(H,13,14). The Morgan fingerprint density at radius 1 is 1.14 bits per heavy atom. The van der Waals surface area contributed by atoms with Crippen molar-refractivity contribution in [3.63, 3.8) is 0 Å². The lowest BCUT2D eigenvalue weighted by atomic mass is 10.1. The van der Waals surface area contributed by atoms with Crippen LogP contribution in [-0.2, 0) is 0 Å². The average Bonchev–Trinajstić information content (AvgIpc) is 2.66. The average molecular weight is 203 g/mol. The molecular weight excluding hydrogens is 196 g/mol. The first kappa shape index (κ1) is 7.83. The minimum absolute atomic E-state index is 0.773. The van der Waals surface area contributed by atoms with Crippen molar-refractivity contribution in [3.05, 3.63) is 41.6 Å². The molecule has 3 rings (SSSR count). The molecule has 0 fully saturated rings. The quantitative estimate of drug-likeness (QED) is 0.595. The topological polar surface area (TPSA) is 28.7 Å². The molecule has 0 unspecified atom stereocenters. The van der Waals surface area contributed by atoms with E-state index in [0.717, 1.165) is 26.7 Å². The van der Waals surface area contributed by atoms with Crippen molar-refractivity contribution >= 4 is 33.3 Å². The van der Waals surface area contributed by atoms with E-state index in [-0.39, 0.29) is 0 Å². The van der Waals surface area contributed by atoms with E-state index in [1.807, 2.05) is 30.3 Å². The summed E-state index contributed by atoms with van der Waals surface area (Å²) in [6.07, 6.45) is 1.79. The number of aromatic amines is 1. The molecule has 1 heterocycles. The van der Waals surface area contributed by atoms with E-state index < -0.39 is 0 Å². The molecule has 68 valence electrons. The highest BCUT2D eigenvalue weighted by molar-refractivity contribution is 6.37. The number of H-pyrrole nitrogens is 1. The van der Waals surface area contributed by atoms with Gasteiger partial charge in [0, 0.05) is 21.2 Å². The van der Waals surface area contributed by atoms with Gasteiger partial charge in [-0.05, 0) is 6.07 Å². The molecule has 0 saturated carbocycles. The summed E-state index contributed by atoms with van der Waals surface area (Å²) in [7, 11) is 0. The van der Waals surface area contributed by atoms with Crippen molar-refractivity contribution in [3.8, 4) is 0 Å². The predicted octanol–water partition coefficient (Wildman–Crippen LogP) is 3.37. The SMILES string of the molecule is Clc1cc2cn[nH]c2c2ccccc12. The second-order valence-corrected chi connectivity index (χ2v) is 3.65. The van der Waals surface area contributed by atoms with E-state index in [1.54, 1.807) is 6.20 Å². The second-order valence-electron chi connectivity index (χ2n) is 3.24. The summed E-state index contributed by atoms with van der Waals surface area (Å²) in [5.41, 5.74) is 1.05. The second kappa shape index (κ2) is 2.72. The summed E-state index contributed by atoms with van der Waals surface area (Å²) in [5.74, 6) is 0. The van der Waals surface area contributed by atoms with E-state index in [1.165, 1.54) is 0 Å². The number of nitrogens with zero attached hydrogens (tertiary/aromatic N) is 1. The number of rotatable bonds is 0. The van der Waals surface area contributed by atoms with Crippen LogP contribution in [0, 0.1) is 0 Å². The Kier molecular flexibility index (Phi) is 1.52. The number of benzene rings is 2. The molecule has 0 bridgehead atoms. The molecule has 2 aromatic carbocycles. The van der Waals surface area contributed by atoms with Crippen LogP contribution in [0.3, 0.4) is 0 Å². The van der Waals surface area contributed by atoms with Gasteiger partial charge in [0.05, 0.1) is 11.7 Å². The molecular formula is C11H7ClN2. The van der Waals surface area contributed by atoms with Crippen molar-refractivity contribution in [2.75, 3.05) is 0 Å². The third-order valence-electron chi connectivity index (χ3n) is 2.40. The highest BCUT2D eigenvalue weighted by atomic mass is 35.5. The van der Waals surface area contributed by atoms with Gasteiger partial charge in [-0.3, -0.25) is 5.10 Å². The van der Waals surface area contributed by atoms with Gasteiger partial charge in [-0.1, -0.05) is 35.9 Å². The van der Waals surface area contributed by atoms with Crippen LogP contribution in [0.4, 0.5) is 0 Å². The van der Waals surface area contributed by atoms with E-state index >= 15 is 0 Å². The molecule has 0 aliphatic rings. The number of hydrogen-bond acceptors (Lipinski definition) is 1. The number of fused-ring (bicyclic) bond motifs is 3. The van der Waals surface area contributed by atoms with Gasteiger partial charge in [0.2, 0.25) is 0 Å². The third kappa shape index (κ3) is 0.946. The summed E-state index contributed by atoms with van der Waals surface area (Å²) in [6.45, 7) is 0. The normalized spacial score (nSPS) is 11.2. The van der Waals surface area contributed by atoms with Gasteiger partial charge in [-0.25, -0.2) is 0 Å². The number of nitrogens with one attached hydrogen (secondary N) is 1. The molecule has 0 aliphatic carbocycles. The molecule has 0 radical (unpaired) electrons. The van der Waals surface area contributed by atoms with Gasteiger partial charge < -0.3 is 0 Å². The molecule has 0 aliphatic heterocycles. The lowest BCUT2D eigenvalue weighted by Gasteiger charge is -2.00. The Hall–Kier alpha value is -1.54. The molecule has 14 heavy (non-hydrogen) atoms. The lowest BCUT2D eigenvalue weighted by molar-refractivity contribution is 1.12. The minimum Gasteiger partial charge on any atom is -0.277 e. The van der Waals surface area contributed by atoms with Crippen LogP contribution in [0.25, 0.3) is 21.7 Å². The molecule has 0 spiro atoms.